The van der Waals surface area contributed by atoms with E-state index in [1.807, 2.05) is 0 Å². The molecule has 0 heterocycles. The topological polar surface area (TPSA) is 0 Å². The Balaban J connectivity index is 3.73. The van der Waals surface area contributed by atoms with Gasteiger partial charge in [0.15, 0.2) is 0 Å². The largest absolute Gasteiger partial charge is 0.0999 e. The lowest BCUT2D eigenvalue weighted by Gasteiger charge is -2.07. The van der Waals surface area contributed by atoms with Gasteiger partial charge in [-0.1, -0.05) is 49.3 Å². The SMILES string of the molecule is C=C(CC/C=C(\C)CCC=C(C)C)CCC(C)C. The van der Waals surface area contributed by atoms with Crippen LogP contribution in [-0.2, 0) is 0 Å². The molecule has 0 amide bonds. The number of rotatable bonds is 9. The van der Waals surface area contributed by atoms with Crippen LogP contribution in [0.25, 0.3) is 0 Å². The summed E-state index contributed by atoms with van der Waals surface area (Å²) in [4.78, 5) is 0. The third-order valence-corrected chi connectivity index (χ3v) is 3.16. The van der Waals surface area contributed by atoms with Gasteiger partial charge in [-0.25, -0.2) is 0 Å². The van der Waals surface area contributed by atoms with Crippen LogP contribution in [0, 0.1) is 5.92 Å². The van der Waals surface area contributed by atoms with Gasteiger partial charge in [0.25, 0.3) is 0 Å². The van der Waals surface area contributed by atoms with Gasteiger partial charge < -0.3 is 0 Å². The van der Waals surface area contributed by atoms with E-state index in [-0.39, 0.29) is 0 Å². The van der Waals surface area contributed by atoms with Crippen LogP contribution in [0.4, 0.5) is 0 Å². The van der Waals surface area contributed by atoms with Crippen molar-refractivity contribution < 1.29 is 0 Å². The Bertz CT molecular complexity index is 285. The van der Waals surface area contributed by atoms with Crippen LogP contribution in [-0.4, -0.2) is 0 Å². The lowest BCUT2D eigenvalue weighted by Crippen LogP contribution is -1.89. The third-order valence-electron chi connectivity index (χ3n) is 3.16. The van der Waals surface area contributed by atoms with Gasteiger partial charge in [0.1, 0.15) is 0 Å². The molecule has 0 atom stereocenters. The Labute approximate surface area is 115 Å². The molecule has 18 heavy (non-hydrogen) atoms. The predicted octanol–water partition coefficient (Wildman–Crippen LogP) is 6.45. The maximum atomic E-state index is 4.17. The first kappa shape index (κ1) is 17.2. The molecule has 0 radical (unpaired) electrons. The fourth-order valence-corrected chi connectivity index (χ4v) is 1.83. The highest BCUT2D eigenvalue weighted by molar-refractivity contribution is 5.04. The summed E-state index contributed by atoms with van der Waals surface area (Å²) in [5.41, 5.74) is 4.35. The minimum atomic E-state index is 0.795. The molecule has 0 aliphatic heterocycles. The first-order chi connectivity index (χ1) is 8.41. The molecule has 0 aliphatic carbocycles. The van der Waals surface area contributed by atoms with Crippen LogP contribution >= 0.6 is 0 Å². The maximum absolute atomic E-state index is 4.17. The van der Waals surface area contributed by atoms with Gasteiger partial charge in [-0.3, -0.25) is 0 Å². The van der Waals surface area contributed by atoms with Crippen molar-refractivity contribution in [3.63, 3.8) is 0 Å². The molecule has 0 unspecified atom stereocenters. The van der Waals surface area contributed by atoms with Gasteiger partial charge in [-0.15, -0.1) is 0 Å². The lowest BCUT2D eigenvalue weighted by atomic mass is 10.00. The molecule has 0 rings (SSSR count). The molecule has 0 heteroatoms. The maximum Gasteiger partial charge on any atom is -0.0288 e. The van der Waals surface area contributed by atoms with E-state index < -0.39 is 0 Å². The summed E-state index contributed by atoms with van der Waals surface area (Å²) in [5, 5.41) is 0. The first-order valence-electron chi connectivity index (χ1n) is 7.37. The van der Waals surface area contributed by atoms with Gasteiger partial charge in [-0.05, 0) is 65.2 Å². The van der Waals surface area contributed by atoms with E-state index in [0.29, 0.717) is 0 Å². The highest BCUT2D eigenvalue weighted by atomic mass is 14.0. The van der Waals surface area contributed by atoms with Gasteiger partial charge in [0, 0.05) is 0 Å². The highest BCUT2D eigenvalue weighted by Gasteiger charge is 1.97. The average Bonchev–Trinajstić information content (AvgIpc) is 2.25. The second-order valence-corrected chi connectivity index (χ2v) is 6.09. The van der Waals surface area contributed by atoms with Gasteiger partial charge in [0.05, 0.1) is 0 Å². The molecular formula is C18H32. The minimum absolute atomic E-state index is 0.795. The molecule has 0 aromatic carbocycles. The Kier molecular flexibility index (Phi) is 9.73. The zero-order chi connectivity index (χ0) is 14.0. The van der Waals surface area contributed by atoms with E-state index in [9.17, 15) is 0 Å². The van der Waals surface area contributed by atoms with Crippen molar-refractivity contribution in [2.24, 2.45) is 5.92 Å². The van der Waals surface area contributed by atoms with E-state index in [4.69, 9.17) is 0 Å². The fraction of sp³-hybridized carbons (Fsp3) is 0.667. The smallest absolute Gasteiger partial charge is 0.0288 e. The molecule has 0 fully saturated rings. The van der Waals surface area contributed by atoms with Crippen molar-refractivity contribution in [1.29, 1.82) is 0 Å². The Hall–Kier alpha value is -0.780. The van der Waals surface area contributed by atoms with E-state index >= 15 is 0 Å². The molecular weight excluding hydrogens is 216 g/mol. The summed E-state index contributed by atoms with van der Waals surface area (Å²) in [6, 6.07) is 0. The molecule has 0 N–H and O–H groups in total. The minimum Gasteiger partial charge on any atom is -0.0999 e. The molecule has 0 saturated carbocycles. The van der Waals surface area contributed by atoms with Crippen molar-refractivity contribution in [3.8, 4) is 0 Å². The normalized spacial score (nSPS) is 11.8. The zero-order valence-electron chi connectivity index (χ0n) is 13.2. The predicted molar refractivity (Wildman–Crippen MR) is 84.9 cm³/mol. The number of hydrogen-bond acceptors (Lipinski definition) is 0. The van der Waals surface area contributed by atoms with Crippen molar-refractivity contribution in [2.45, 2.75) is 73.1 Å². The van der Waals surface area contributed by atoms with Crippen molar-refractivity contribution in [3.05, 3.63) is 35.5 Å². The summed E-state index contributed by atoms with van der Waals surface area (Å²) < 4.78 is 0. The molecule has 0 saturated heterocycles. The monoisotopic (exact) mass is 248 g/mol. The Morgan fingerprint density at radius 2 is 1.56 bits per heavy atom. The second kappa shape index (κ2) is 10.2. The van der Waals surface area contributed by atoms with E-state index in [1.54, 1.807) is 0 Å². The summed E-state index contributed by atoms with van der Waals surface area (Å²) in [7, 11) is 0. The molecule has 0 nitrogen and oxygen atoms in total. The summed E-state index contributed by atoms with van der Waals surface area (Å²) >= 11 is 0. The zero-order valence-corrected chi connectivity index (χ0v) is 13.2. The van der Waals surface area contributed by atoms with Crippen molar-refractivity contribution in [2.75, 3.05) is 0 Å². The number of hydrogen-bond donors (Lipinski definition) is 0. The van der Waals surface area contributed by atoms with Crippen LogP contribution < -0.4 is 0 Å². The van der Waals surface area contributed by atoms with E-state index in [1.165, 1.54) is 42.4 Å². The highest BCUT2D eigenvalue weighted by Crippen LogP contribution is 2.16. The summed E-state index contributed by atoms with van der Waals surface area (Å²) in [6.45, 7) is 15.3. The fourth-order valence-electron chi connectivity index (χ4n) is 1.83. The van der Waals surface area contributed by atoms with Crippen molar-refractivity contribution in [1.82, 2.24) is 0 Å². The third kappa shape index (κ3) is 11.7. The standard InChI is InChI=1S/C18H32/c1-15(2)9-7-10-17(5)11-8-12-18(6)14-13-16(3)4/h9,11,16H,6-8,10,12-14H2,1-5H3/b17-11+. The van der Waals surface area contributed by atoms with Crippen LogP contribution in [0.1, 0.15) is 73.1 Å². The van der Waals surface area contributed by atoms with Crippen LogP contribution in [0.3, 0.4) is 0 Å². The molecule has 0 aromatic rings. The molecule has 0 aliphatic rings. The van der Waals surface area contributed by atoms with Crippen LogP contribution in [0.15, 0.2) is 35.5 Å². The Morgan fingerprint density at radius 1 is 0.944 bits per heavy atom. The second-order valence-electron chi connectivity index (χ2n) is 6.09. The molecule has 0 bridgehead atoms. The van der Waals surface area contributed by atoms with Crippen LogP contribution in [0.5, 0.6) is 0 Å². The first-order valence-corrected chi connectivity index (χ1v) is 7.37. The van der Waals surface area contributed by atoms with Crippen LogP contribution in [0.2, 0.25) is 0 Å². The molecule has 0 aromatic heterocycles. The lowest BCUT2D eigenvalue weighted by molar-refractivity contribution is 0.578. The number of allylic oxidation sites excluding steroid dienone is 5. The average molecular weight is 248 g/mol. The summed E-state index contributed by atoms with van der Waals surface area (Å²) in [6.07, 6.45) is 11.9. The van der Waals surface area contributed by atoms with E-state index in [2.05, 4.69) is 53.3 Å². The van der Waals surface area contributed by atoms with E-state index in [0.717, 1.165) is 18.8 Å². The van der Waals surface area contributed by atoms with Gasteiger partial charge in [0.2, 0.25) is 0 Å². The Morgan fingerprint density at radius 3 is 2.11 bits per heavy atom. The quantitative estimate of drug-likeness (QED) is 0.411. The molecule has 0 spiro atoms. The summed E-state index contributed by atoms with van der Waals surface area (Å²) in [5.74, 6) is 0.795. The molecule has 104 valence electrons. The van der Waals surface area contributed by atoms with Gasteiger partial charge in [-0.2, -0.15) is 0 Å². The van der Waals surface area contributed by atoms with Gasteiger partial charge >= 0.3 is 0 Å². The van der Waals surface area contributed by atoms with Crippen molar-refractivity contribution >= 4 is 0 Å².